The van der Waals surface area contributed by atoms with E-state index in [1.807, 2.05) is 12.1 Å². The maximum atomic E-state index is 13.4. The van der Waals surface area contributed by atoms with Crippen LogP contribution >= 0.6 is 11.6 Å². The topological polar surface area (TPSA) is 148 Å². The van der Waals surface area contributed by atoms with Crippen LogP contribution in [0, 0.1) is 17.2 Å². The molecule has 2 aliphatic rings. The molecular formula is C24H28ClN7O3. The molecule has 4 N–H and O–H groups in total. The quantitative estimate of drug-likeness (QED) is 0.413. The van der Waals surface area contributed by atoms with Gasteiger partial charge in [0.1, 0.15) is 11.9 Å². The highest BCUT2D eigenvalue weighted by Crippen LogP contribution is 2.29. The third-order valence-electron chi connectivity index (χ3n) is 6.45. The zero-order valence-corrected chi connectivity index (χ0v) is 20.1. The molecule has 11 heteroatoms. The smallest absolute Gasteiger partial charge is 0.247 e. The highest BCUT2D eigenvalue weighted by Gasteiger charge is 2.32. The first-order valence-corrected chi connectivity index (χ1v) is 12.1. The van der Waals surface area contributed by atoms with Gasteiger partial charge in [-0.15, -0.1) is 0 Å². The second-order valence-electron chi connectivity index (χ2n) is 8.83. The number of para-hydroxylation sites is 1. The lowest BCUT2D eigenvalue weighted by atomic mass is 10.1. The fraction of sp³-hybridized carbons (Fsp3) is 0.458. The fourth-order valence-corrected chi connectivity index (χ4v) is 4.77. The van der Waals surface area contributed by atoms with E-state index >= 15 is 0 Å². The van der Waals surface area contributed by atoms with Gasteiger partial charge in [0.15, 0.2) is 5.92 Å². The normalized spacial score (nSPS) is 19.9. The van der Waals surface area contributed by atoms with Crippen molar-refractivity contribution in [2.75, 3.05) is 31.5 Å². The van der Waals surface area contributed by atoms with E-state index in [9.17, 15) is 19.6 Å². The van der Waals surface area contributed by atoms with E-state index in [1.54, 1.807) is 23.2 Å². The summed E-state index contributed by atoms with van der Waals surface area (Å²) in [7, 11) is 0. The van der Waals surface area contributed by atoms with Crippen LogP contribution in [0.2, 0.25) is 5.02 Å². The fourth-order valence-electron chi connectivity index (χ4n) is 4.56. The number of nitrogens with zero attached hydrogens (tertiary/aromatic N) is 4. The number of benzene rings is 1. The number of rotatable bonds is 6. The summed E-state index contributed by atoms with van der Waals surface area (Å²) in [5, 5.41) is 14.0. The van der Waals surface area contributed by atoms with Crippen LogP contribution in [0.15, 0.2) is 29.4 Å². The molecule has 2 aromatic rings. The molecule has 2 atom stereocenters. The Hall–Kier alpha value is -3.58. The predicted molar refractivity (Wildman–Crippen MR) is 133 cm³/mol. The molecular weight excluding hydrogens is 470 g/mol. The summed E-state index contributed by atoms with van der Waals surface area (Å²) in [6.45, 7) is 1.90. The Balaban J connectivity index is 1.63. The van der Waals surface area contributed by atoms with E-state index in [0.717, 1.165) is 31.1 Å². The van der Waals surface area contributed by atoms with Gasteiger partial charge in [-0.3, -0.25) is 19.4 Å². The number of carbonyl (C=O) groups excluding carboxylic acids is 3. The minimum absolute atomic E-state index is 0.00535. The second kappa shape index (κ2) is 10.8. The number of aromatic nitrogens is 1. The number of nitriles is 1. The molecule has 1 aromatic carbocycles. The third kappa shape index (κ3) is 5.41. The molecule has 3 amide bonds. The van der Waals surface area contributed by atoms with E-state index in [2.05, 4.69) is 15.3 Å². The number of aliphatic imine (C=N–C) groups is 1. The molecule has 0 radical (unpaired) electrons. The zero-order valence-electron chi connectivity index (χ0n) is 19.3. The van der Waals surface area contributed by atoms with Crippen LogP contribution in [0.5, 0.6) is 0 Å². The van der Waals surface area contributed by atoms with Gasteiger partial charge in [-0.05, 0) is 38.2 Å². The van der Waals surface area contributed by atoms with Gasteiger partial charge in [-0.1, -0.05) is 23.7 Å². The highest BCUT2D eigenvalue weighted by atomic mass is 35.5. The first kappa shape index (κ1) is 24.5. The molecule has 0 saturated carbocycles. The number of nitrogens with two attached hydrogens (primary N) is 1. The van der Waals surface area contributed by atoms with Gasteiger partial charge < -0.3 is 25.8 Å². The SMILES string of the molecule is N#CC(C(N)=O)C(=N[C@H]1CCCCN(CC(=O)N2CCCC2)C1=O)Nc1cccc2c(Cl)c[nH]c12. The maximum absolute atomic E-state index is 13.4. The van der Waals surface area contributed by atoms with Gasteiger partial charge in [0.2, 0.25) is 17.7 Å². The summed E-state index contributed by atoms with van der Waals surface area (Å²) in [4.78, 5) is 49.1. The summed E-state index contributed by atoms with van der Waals surface area (Å²) in [5.41, 5.74) is 6.70. The highest BCUT2D eigenvalue weighted by molar-refractivity contribution is 6.36. The van der Waals surface area contributed by atoms with Gasteiger partial charge in [0.05, 0.1) is 28.8 Å². The van der Waals surface area contributed by atoms with Crippen molar-refractivity contribution < 1.29 is 14.4 Å². The lowest BCUT2D eigenvalue weighted by Crippen LogP contribution is -2.45. The molecule has 1 unspecified atom stereocenters. The number of amidine groups is 1. The van der Waals surface area contributed by atoms with Crippen molar-refractivity contribution in [3.05, 3.63) is 29.4 Å². The molecule has 1 aromatic heterocycles. The Bertz CT molecular complexity index is 1200. The Morgan fingerprint density at radius 1 is 1.26 bits per heavy atom. The monoisotopic (exact) mass is 497 g/mol. The largest absolute Gasteiger partial charge is 0.368 e. The summed E-state index contributed by atoms with van der Waals surface area (Å²) in [6.07, 6.45) is 5.48. The minimum atomic E-state index is -1.38. The summed E-state index contributed by atoms with van der Waals surface area (Å²) >= 11 is 6.22. The average molecular weight is 498 g/mol. The van der Waals surface area contributed by atoms with Gasteiger partial charge in [0.25, 0.3) is 0 Å². The molecule has 2 saturated heterocycles. The van der Waals surface area contributed by atoms with Gasteiger partial charge >= 0.3 is 0 Å². The molecule has 0 bridgehead atoms. The number of primary amides is 1. The van der Waals surface area contributed by atoms with Crippen LogP contribution in [0.25, 0.3) is 10.9 Å². The standard InChI is InChI=1S/C24H28ClN7O3/c25-17-13-28-21-15(17)6-5-8-18(21)29-23(16(12-26)22(27)34)30-19-7-1-2-11-32(24(19)35)14-20(33)31-9-3-4-10-31/h5-6,8,13,16,19,28H,1-4,7,9-11,14H2,(H2,27,34)(H,29,30)/t16?,19-/m0/s1. The molecule has 0 aliphatic carbocycles. The average Bonchev–Trinajstić information content (AvgIpc) is 3.47. The van der Waals surface area contributed by atoms with Gasteiger partial charge in [-0.2, -0.15) is 5.26 Å². The van der Waals surface area contributed by atoms with Crippen molar-refractivity contribution in [1.82, 2.24) is 14.8 Å². The lowest BCUT2D eigenvalue weighted by Gasteiger charge is -2.25. The molecule has 35 heavy (non-hydrogen) atoms. The van der Waals surface area contributed by atoms with E-state index in [1.165, 1.54) is 4.90 Å². The van der Waals surface area contributed by atoms with Gasteiger partial charge in [-0.25, -0.2) is 0 Å². The van der Waals surface area contributed by atoms with Crippen molar-refractivity contribution >= 4 is 51.7 Å². The van der Waals surface area contributed by atoms with Crippen LogP contribution in [-0.2, 0) is 14.4 Å². The van der Waals surface area contributed by atoms with Crippen molar-refractivity contribution in [1.29, 1.82) is 5.26 Å². The minimum Gasteiger partial charge on any atom is -0.368 e. The number of fused-ring (bicyclic) bond motifs is 1. The number of aromatic amines is 1. The molecule has 2 aliphatic heterocycles. The Morgan fingerprint density at radius 3 is 2.71 bits per heavy atom. The number of carbonyl (C=O) groups is 3. The van der Waals surface area contributed by atoms with Crippen molar-refractivity contribution in [3.63, 3.8) is 0 Å². The molecule has 0 spiro atoms. The van der Waals surface area contributed by atoms with Crippen molar-refractivity contribution in [2.45, 2.75) is 38.1 Å². The Morgan fingerprint density at radius 2 is 2.00 bits per heavy atom. The molecule has 184 valence electrons. The molecule has 10 nitrogen and oxygen atoms in total. The lowest BCUT2D eigenvalue weighted by molar-refractivity contribution is -0.140. The van der Waals surface area contributed by atoms with Crippen LogP contribution in [0.3, 0.4) is 0 Å². The van der Waals surface area contributed by atoms with Crippen LogP contribution in [-0.4, -0.2) is 70.6 Å². The number of anilines is 1. The van der Waals surface area contributed by atoms with Crippen LogP contribution in [0.4, 0.5) is 5.69 Å². The molecule has 3 heterocycles. The van der Waals surface area contributed by atoms with E-state index in [-0.39, 0.29) is 24.2 Å². The number of amides is 3. The Labute approximate surface area is 208 Å². The van der Waals surface area contributed by atoms with Crippen molar-refractivity contribution in [3.8, 4) is 6.07 Å². The van der Waals surface area contributed by atoms with Gasteiger partial charge in [0, 0.05) is 31.2 Å². The number of halogens is 1. The zero-order chi connectivity index (χ0) is 24.9. The maximum Gasteiger partial charge on any atom is 0.247 e. The van der Waals surface area contributed by atoms with Crippen LogP contribution < -0.4 is 11.1 Å². The first-order valence-electron chi connectivity index (χ1n) is 11.7. The number of likely N-dealkylation sites (tertiary alicyclic amines) is 2. The number of hydrogen-bond acceptors (Lipinski definition) is 5. The predicted octanol–water partition coefficient (Wildman–Crippen LogP) is 2.26. The number of hydrogen-bond donors (Lipinski definition) is 3. The van der Waals surface area contributed by atoms with E-state index in [4.69, 9.17) is 17.3 Å². The third-order valence-corrected chi connectivity index (χ3v) is 6.76. The molecule has 2 fully saturated rings. The second-order valence-corrected chi connectivity index (χ2v) is 9.24. The summed E-state index contributed by atoms with van der Waals surface area (Å²) < 4.78 is 0. The van der Waals surface area contributed by atoms with Crippen LogP contribution in [0.1, 0.15) is 32.1 Å². The number of H-pyrrole nitrogens is 1. The van der Waals surface area contributed by atoms with Crippen molar-refractivity contribution in [2.24, 2.45) is 16.6 Å². The Kier molecular flexibility index (Phi) is 7.56. The summed E-state index contributed by atoms with van der Waals surface area (Å²) in [5.74, 6) is -2.63. The van der Waals surface area contributed by atoms with E-state index < -0.39 is 17.9 Å². The van der Waals surface area contributed by atoms with E-state index in [0.29, 0.717) is 42.3 Å². The first-order chi connectivity index (χ1) is 16.9. The summed E-state index contributed by atoms with van der Waals surface area (Å²) in [6, 6.07) is 6.40. The number of nitrogens with one attached hydrogen (secondary N) is 2. The molecule has 4 rings (SSSR count).